The van der Waals surface area contributed by atoms with Crippen molar-refractivity contribution in [2.24, 2.45) is 0 Å². The molecular weight excluding hydrogens is 207 g/mol. The van der Waals surface area contributed by atoms with Crippen molar-refractivity contribution >= 4 is 25.7 Å². The lowest BCUT2D eigenvalue weighted by Gasteiger charge is -2.05. The first-order valence-corrected chi connectivity index (χ1v) is 5.08. The van der Waals surface area contributed by atoms with Crippen molar-refractivity contribution in [1.29, 1.82) is 0 Å². The summed E-state index contributed by atoms with van der Waals surface area (Å²) >= 11 is 0. The van der Waals surface area contributed by atoms with Gasteiger partial charge in [-0.2, -0.15) is 0 Å². The predicted molar refractivity (Wildman–Crippen MR) is 65.8 cm³/mol. The lowest BCUT2D eigenvalue weighted by Crippen LogP contribution is -2.06. The highest BCUT2D eigenvalue weighted by Crippen LogP contribution is 2.17. The van der Waals surface area contributed by atoms with E-state index in [1.54, 1.807) is 6.08 Å². The second-order valence-electron chi connectivity index (χ2n) is 3.36. The molecule has 0 bridgehead atoms. The highest BCUT2D eigenvalue weighted by Gasteiger charge is 2.04. The summed E-state index contributed by atoms with van der Waals surface area (Å²) in [4.78, 5) is 10.6. The zero-order chi connectivity index (χ0) is 11.4. The Morgan fingerprint density at radius 1 is 1.40 bits per heavy atom. The van der Waals surface area contributed by atoms with Crippen LogP contribution in [0.1, 0.15) is 18.1 Å². The lowest BCUT2D eigenvalue weighted by molar-refractivity contribution is -0.129. The first kappa shape index (κ1) is 11.7. The highest BCUT2D eigenvalue weighted by atomic mass is 31.0. The van der Waals surface area contributed by atoms with Crippen molar-refractivity contribution < 1.29 is 9.90 Å². The molecule has 0 aromatic heterocycles. The maximum absolute atomic E-state index is 10.6. The van der Waals surface area contributed by atoms with E-state index < -0.39 is 5.97 Å². The van der Waals surface area contributed by atoms with Gasteiger partial charge in [-0.3, -0.25) is 0 Å². The lowest BCUT2D eigenvalue weighted by atomic mass is 10.0. The Bertz CT molecular complexity index is 433. The molecule has 1 N–H and O–H groups in total. The number of benzene rings is 1. The third kappa shape index (κ3) is 3.03. The minimum Gasteiger partial charge on any atom is -0.477 e. The van der Waals surface area contributed by atoms with Crippen LogP contribution in [0, 0.1) is 6.92 Å². The van der Waals surface area contributed by atoms with Crippen molar-refractivity contribution in [3.63, 3.8) is 0 Å². The van der Waals surface area contributed by atoms with Crippen LogP contribution in [0.15, 0.2) is 30.3 Å². The normalized spacial score (nSPS) is 11.2. The maximum atomic E-state index is 10.6. The molecule has 1 rings (SSSR count). The average Bonchev–Trinajstić information content (AvgIpc) is 2.18. The van der Waals surface area contributed by atoms with Gasteiger partial charge in [-0.1, -0.05) is 24.3 Å². The Morgan fingerprint density at radius 2 is 2.00 bits per heavy atom. The van der Waals surface area contributed by atoms with Crippen LogP contribution in [0.5, 0.6) is 0 Å². The predicted octanol–water partition coefficient (Wildman–Crippen LogP) is 2.80. The molecule has 15 heavy (non-hydrogen) atoms. The summed E-state index contributed by atoms with van der Waals surface area (Å²) in [5.41, 5.74) is 3.13. The third-order valence-electron chi connectivity index (χ3n) is 2.16. The van der Waals surface area contributed by atoms with Gasteiger partial charge in [0.05, 0.1) is 5.29 Å². The van der Waals surface area contributed by atoms with E-state index >= 15 is 0 Å². The van der Waals surface area contributed by atoms with Gasteiger partial charge in [0.1, 0.15) is 0 Å². The number of rotatable bonds is 3. The average molecular weight is 220 g/mol. The molecule has 0 spiro atoms. The Morgan fingerprint density at radius 3 is 2.53 bits per heavy atom. The van der Waals surface area contributed by atoms with Crippen LogP contribution in [0.2, 0.25) is 0 Å². The fourth-order valence-corrected chi connectivity index (χ4v) is 1.59. The summed E-state index contributed by atoms with van der Waals surface area (Å²) in [5.74, 6) is -0.959. The number of hydrogen-bond acceptors (Lipinski definition) is 1. The van der Waals surface area contributed by atoms with E-state index in [0.717, 1.165) is 16.7 Å². The molecule has 0 saturated heterocycles. The fraction of sp³-hybridized carbons (Fsp3) is 0.167. The standard InChI is InChI=1S/C12H13O2P/c1-8-5-3-4-6-10(8)9(2)7-11(15)12(13)14/h3-7,15H,1-2H3,(H,13,14)/b9-7+. The van der Waals surface area contributed by atoms with Crippen molar-refractivity contribution in [1.82, 2.24) is 0 Å². The van der Waals surface area contributed by atoms with Crippen molar-refractivity contribution in [3.8, 4) is 0 Å². The SMILES string of the molecule is C/C(=C\C(=P)C(=O)O)c1ccccc1C. The van der Waals surface area contributed by atoms with Crippen LogP contribution in [-0.2, 0) is 4.79 Å². The van der Waals surface area contributed by atoms with Gasteiger partial charge in [0.15, 0.2) is 0 Å². The monoisotopic (exact) mass is 220 g/mol. The van der Waals surface area contributed by atoms with E-state index in [4.69, 9.17) is 5.11 Å². The Kier molecular flexibility index (Phi) is 3.81. The molecule has 0 atom stereocenters. The number of carboxylic acids is 1. The van der Waals surface area contributed by atoms with Crippen molar-refractivity contribution in [3.05, 3.63) is 41.5 Å². The van der Waals surface area contributed by atoms with Crippen LogP contribution in [0.25, 0.3) is 5.57 Å². The van der Waals surface area contributed by atoms with E-state index in [0.29, 0.717) is 0 Å². The van der Waals surface area contributed by atoms with Gasteiger partial charge < -0.3 is 5.11 Å². The number of carbonyl (C=O) groups is 1. The Balaban J connectivity index is 3.05. The summed E-state index contributed by atoms with van der Waals surface area (Å²) in [6, 6.07) is 7.87. The molecular formula is C12H13O2P. The molecule has 0 radical (unpaired) electrons. The molecule has 0 aliphatic rings. The van der Waals surface area contributed by atoms with Crippen LogP contribution >= 0.6 is 8.86 Å². The largest absolute Gasteiger partial charge is 0.477 e. The van der Waals surface area contributed by atoms with E-state index in [1.807, 2.05) is 38.1 Å². The Labute approximate surface area is 91.5 Å². The highest BCUT2D eigenvalue weighted by molar-refractivity contribution is 7.26. The second-order valence-corrected chi connectivity index (χ2v) is 3.90. The van der Waals surface area contributed by atoms with Gasteiger partial charge in [-0.15, -0.1) is 8.86 Å². The van der Waals surface area contributed by atoms with Gasteiger partial charge in [-0.05, 0) is 36.6 Å². The molecule has 0 unspecified atom stereocenters. The van der Waals surface area contributed by atoms with Gasteiger partial charge >= 0.3 is 5.97 Å². The van der Waals surface area contributed by atoms with Crippen molar-refractivity contribution in [2.45, 2.75) is 13.8 Å². The van der Waals surface area contributed by atoms with Gasteiger partial charge in [0.2, 0.25) is 0 Å². The molecule has 1 aromatic rings. The minimum atomic E-state index is -0.959. The molecule has 0 heterocycles. The zero-order valence-corrected chi connectivity index (χ0v) is 9.74. The summed E-state index contributed by atoms with van der Waals surface area (Å²) in [7, 11) is 3.06. The fourth-order valence-electron chi connectivity index (χ4n) is 1.37. The summed E-state index contributed by atoms with van der Waals surface area (Å²) in [5, 5.41) is 8.88. The van der Waals surface area contributed by atoms with E-state index in [-0.39, 0.29) is 5.29 Å². The molecule has 0 saturated carbocycles. The topological polar surface area (TPSA) is 37.3 Å². The first-order valence-electron chi connectivity index (χ1n) is 4.58. The number of allylic oxidation sites excluding steroid dienone is 1. The number of aliphatic carboxylic acids is 1. The molecule has 0 amide bonds. The zero-order valence-electron chi connectivity index (χ0n) is 8.74. The maximum Gasteiger partial charge on any atom is 0.339 e. The van der Waals surface area contributed by atoms with E-state index in [9.17, 15) is 4.79 Å². The summed E-state index contributed by atoms with van der Waals surface area (Å²) < 4.78 is 0. The number of carboxylic acid groups (broad SMARTS) is 1. The molecule has 0 aliphatic heterocycles. The van der Waals surface area contributed by atoms with Gasteiger partial charge in [0.25, 0.3) is 0 Å². The molecule has 2 nitrogen and oxygen atoms in total. The van der Waals surface area contributed by atoms with Gasteiger partial charge in [0, 0.05) is 0 Å². The smallest absolute Gasteiger partial charge is 0.339 e. The minimum absolute atomic E-state index is 0.163. The molecule has 1 aromatic carbocycles. The number of aryl methyl sites for hydroxylation is 1. The van der Waals surface area contributed by atoms with Gasteiger partial charge in [-0.25, -0.2) is 4.79 Å². The molecule has 3 heteroatoms. The van der Waals surface area contributed by atoms with Crippen molar-refractivity contribution in [2.75, 3.05) is 0 Å². The molecule has 0 aliphatic carbocycles. The second kappa shape index (κ2) is 4.90. The summed E-state index contributed by atoms with van der Waals surface area (Å²) in [6.45, 7) is 3.90. The number of hydrogen-bond donors (Lipinski definition) is 1. The van der Waals surface area contributed by atoms with Crippen LogP contribution < -0.4 is 0 Å². The third-order valence-corrected chi connectivity index (χ3v) is 2.52. The van der Waals surface area contributed by atoms with E-state index in [1.165, 1.54) is 0 Å². The quantitative estimate of drug-likeness (QED) is 0.795. The first-order chi connectivity index (χ1) is 7.02. The van der Waals surface area contributed by atoms with Crippen LogP contribution in [0.3, 0.4) is 0 Å². The van der Waals surface area contributed by atoms with E-state index in [2.05, 4.69) is 8.86 Å². The molecule has 0 fully saturated rings. The van der Waals surface area contributed by atoms with Crippen LogP contribution in [0.4, 0.5) is 0 Å². The molecule has 78 valence electrons. The Hall–Kier alpha value is -1.40. The summed E-state index contributed by atoms with van der Waals surface area (Å²) in [6.07, 6.45) is 1.61. The van der Waals surface area contributed by atoms with Crippen LogP contribution in [-0.4, -0.2) is 16.4 Å².